The molecule has 20 heavy (non-hydrogen) atoms. The standard InChI is InChI=1S/C15H19NO3S/c17-13(18)8-15(5-2-6-15)9-16-14(19)12-7-10-3-1-4-11(10)20-12/h7H,1-6,8-9H2,(H,16,19)(H,17,18). The van der Waals surface area contributed by atoms with Crippen molar-refractivity contribution in [2.75, 3.05) is 6.54 Å². The van der Waals surface area contributed by atoms with Crippen LogP contribution in [0.4, 0.5) is 0 Å². The van der Waals surface area contributed by atoms with Gasteiger partial charge in [0.25, 0.3) is 5.91 Å². The van der Waals surface area contributed by atoms with Crippen LogP contribution in [0.2, 0.25) is 0 Å². The second-order valence-electron chi connectivity index (χ2n) is 6.02. The van der Waals surface area contributed by atoms with E-state index in [1.54, 1.807) is 11.3 Å². The summed E-state index contributed by atoms with van der Waals surface area (Å²) in [5.74, 6) is -0.810. The molecule has 0 saturated heterocycles. The van der Waals surface area contributed by atoms with Crippen molar-refractivity contribution in [2.24, 2.45) is 5.41 Å². The predicted molar refractivity (Wildman–Crippen MR) is 77.2 cm³/mol. The van der Waals surface area contributed by atoms with Gasteiger partial charge in [-0.15, -0.1) is 11.3 Å². The predicted octanol–water partition coefficient (Wildman–Crippen LogP) is 2.61. The summed E-state index contributed by atoms with van der Waals surface area (Å²) >= 11 is 1.59. The molecule has 1 aromatic rings. The van der Waals surface area contributed by atoms with E-state index in [1.807, 2.05) is 6.07 Å². The topological polar surface area (TPSA) is 66.4 Å². The average Bonchev–Trinajstić information content (AvgIpc) is 2.91. The lowest BCUT2D eigenvalue weighted by Crippen LogP contribution is -2.43. The fourth-order valence-corrected chi connectivity index (χ4v) is 4.38. The fourth-order valence-electron chi connectivity index (χ4n) is 3.21. The normalized spacial score (nSPS) is 19.2. The molecule has 1 fully saturated rings. The molecule has 108 valence electrons. The highest BCUT2D eigenvalue weighted by molar-refractivity contribution is 7.14. The van der Waals surface area contributed by atoms with Crippen LogP contribution < -0.4 is 5.32 Å². The average molecular weight is 293 g/mol. The molecule has 0 aromatic carbocycles. The zero-order chi connectivity index (χ0) is 14.2. The number of hydrogen-bond acceptors (Lipinski definition) is 3. The zero-order valence-electron chi connectivity index (χ0n) is 11.4. The van der Waals surface area contributed by atoms with E-state index in [2.05, 4.69) is 5.32 Å². The number of amides is 1. The second kappa shape index (κ2) is 5.20. The van der Waals surface area contributed by atoms with Crippen LogP contribution in [0.25, 0.3) is 0 Å². The van der Waals surface area contributed by atoms with Crippen LogP contribution in [0.3, 0.4) is 0 Å². The summed E-state index contributed by atoms with van der Waals surface area (Å²) in [6.07, 6.45) is 6.41. The van der Waals surface area contributed by atoms with Crippen LogP contribution in [0, 0.1) is 5.41 Å². The summed E-state index contributed by atoms with van der Waals surface area (Å²) in [6, 6.07) is 2.01. The van der Waals surface area contributed by atoms with Gasteiger partial charge in [-0.05, 0) is 49.1 Å². The maximum Gasteiger partial charge on any atom is 0.303 e. The molecule has 0 bridgehead atoms. The molecular weight excluding hydrogens is 274 g/mol. The number of rotatable bonds is 5. The third-order valence-corrected chi connectivity index (χ3v) is 5.77. The first-order valence-electron chi connectivity index (χ1n) is 7.20. The van der Waals surface area contributed by atoms with Gasteiger partial charge in [-0.2, -0.15) is 0 Å². The van der Waals surface area contributed by atoms with E-state index in [0.29, 0.717) is 6.54 Å². The van der Waals surface area contributed by atoms with Gasteiger partial charge in [0.1, 0.15) is 0 Å². The molecule has 0 atom stereocenters. The Labute approximate surface area is 122 Å². The highest BCUT2D eigenvalue weighted by atomic mass is 32.1. The Bertz CT molecular complexity index is 524. The third kappa shape index (κ3) is 2.59. The Morgan fingerprint density at radius 2 is 2.10 bits per heavy atom. The first-order valence-corrected chi connectivity index (χ1v) is 8.01. The first kappa shape index (κ1) is 13.6. The van der Waals surface area contributed by atoms with Crippen molar-refractivity contribution < 1.29 is 14.7 Å². The molecular formula is C15H19NO3S. The molecule has 0 aliphatic heterocycles. The summed E-state index contributed by atoms with van der Waals surface area (Å²) in [5, 5.41) is 11.9. The minimum absolute atomic E-state index is 0.0407. The number of hydrogen-bond donors (Lipinski definition) is 2. The van der Waals surface area contributed by atoms with Crippen molar-refractivity contribution in [3.8, 4) is 0 Å². The van der Waals surface area contributed by atoms with Gasteiger partial charge < -0.3 is 10.4 Å². The summed E-state index contributed by atoms with van der Waals surface area (Å²) in [5.41, 5.74) is 1.12. The number of nitrogens with one attached hydrogen (secondary N) is 1. The molecule has 2 aliphatic carbocycles. The molecule has 0 radical (unpaired) electrons. The molecule has 5 heteroatoms. The van der Waals surface area contributed by atoms with Crippen molar-refractivity contribution in [2.45, 2.75) is 44.9 Å². The molecule has 0 spiro atoms. The number of fused-ring (bicyclic) bond motifs is 1. The van der Waals surface area contributed by atoms with Gasteiger partial charge >= 0.3 is 5.97 Å². The van der Waals surface area contributed by atoms with Crippen molar-refractivity contribution >= 4 is 23.2 Å². The van der Waals surface area contributed by atoms with E-state index in [0.717, 1.165) is 37.0 Å². The monoisotopic (exact) mass is 293 g/mol. The number of carbonyl (C=O) groups is 2. The van der Waals surface area contributed by atoms with Crippen molar-refractivity contribution in [1.82, 2.24) is 5.32 Å². The quantitative estimate of drug-likeness (QED) is 0.877. The van der Waals surface area contributed by atoms with E-state index in [4.69, 9.17) is 5.11 Å². The van der Waals surface area contributed by atoms with Gasteiger partial charge in [0.05, 0.1) is 11.3 Å². The molecule has 1 aromatic heterocycles. The minimum Gasteiger partial charge on any atom is -0.481 e. The summed E-state index contributed by atoms with van der Waals surface area (Å²) in [4.78, 5) is 25.2. The maximum absolute atomic E-state index is 12.2. The minimum atomic E-state index is -0.769. The Balaban J connectivity index is 1.59. The molecule has 2 N–H and O–H groups in total. The zero-order valence-corrected chi connectivity index (χ0v) is 12.2. The number of carbonyl (C=O) groups excluding carboxylic acids is 1. The van der Waals surface area contributed by atoms with Crippen LogP contribution in [-0.2, 0) is 17.6 Å². The van der Waals surface area contributed by atoms with Crippen LogP contribution >= 0.6 is 11.3 Å². The maximum atomic E-state index is 12.2. The largest absolute Gasteiger partial charge is 0.481 e. The number of carboxylic acid groups (broad SMARTS) is 1. The van der Waals surface area contributed by atoms with E-state index >= 15 is 0 Å². The number of aliphatic carboxylic acids is 1. The van der Waals surface area contributed by atoms with E-state index < -0.39 is 5.97 Å². The van der Waals surface area contributed by atoms with Gasteiger partial charge in [0, 0.05) is 11.4 Å². The first-order chi connectivity index (χ1) is 9.58. The fraction of sp³-hybridized carbons (Fsp3) is 0.600. The van der Waals surface area contributed by atoms with Crippen LogP contribution in [0.5, 0.6) is 0 Å². The van der Waals surface area contributed by atoms with Crippen LogP contribution in [0.1, 0.15) is 52.2 Å². The lowest BCUT2D eigenvalue weighted by molar-refractivity contribution is -0.141. The Morgan fingerprint density at radius 1 is 1.30 bits per heavy atom. The molecule has 3 rings (SSSR count). The van der Waals surface area contributed by atoms with Crippen molar-refractivity contribution in [3.63, 3.8) is 0 Å². The van der Waals surface area contributed by atoms with Crippen molar-refractivity contribution in [3.05, 3.63) is 21.4 Å². The lowest BCUT2D eigenvalue weighted by Gasteiger charge is -2.40. The van der Waals surface area contributed by atoms with Crippen molar-refractivity contribution in [1.29, 1.82) is 0 Å². The molecule has 1 heterocycles. The number of thiophene rings is 1. The molecule has 1 amide bonds. The number of carboxylic acids is 1. The molecule has 4 nitrogen and oxygen atoms in total. The second-order valence-corrected chi connectivity index (χ2v) is 7.16. The third-order valence-electron chi connectivity index (χ3n) is 4.53. The van der Waals surface area contributed by atoms with E-state index in [9.17, 15) is 9.59 Å². The van der Waals surface area contributed by atoms with Gasteiger partial charge in [0.2, 0.25) is 0 Å². The Kier molecular flexibility index (Phi) is 3.54. The van der Waals surface area contributed by atoms with Gasteiger partial charge in [-0.25, -0.2) is 0 Å². The molecule has 2 aliphatic rings. The smallest absolute Gasteiger partial charge is 0.303 e. The highest BCUT2D eigenvalue weighted by Gasteiger charge is 2.39. The molecule has 1 saturated carbocycles. The summed E-state index contributed by atoms with van der Waals surface area (Å²) in [6.45, 7) is 0.487. The van der Waals surface area contributed by atoms with E-state index in [-0.39, 0.29) is 17.7 Å². The Morgan fingerprint density at radius 3 is 2.70 bits per heavy atom. The lowest BCUT2D eigenvalue weighted by atomic mass is 9.66. The van der Waals surface area contributed by atoms with Gasteiger partial charge in [-0.3, -0.25) is 9.59 Å². The highest BCUT2D eigenvalue weighted by Crippen LogP contribution is 2.43. The van der Waals surface area contributed by atoms with E-state index in [1.165, 1.54) is 16.9 Å². The van der Waals surface area contributed by atoms with Crippen LogP contribution in [-0.4, -0.2) is 23.5 Å². The SMILES string of the molecule is O=C(O)CC1(CNC(=O)c2cc3c(s2)CCC3)CCC1. The summed E-state index contributed by atoms with van der Waals surface area (Å²) < 4.78 is 0. The van der Waals surface area contributed by atoms with Gasteiger partial charge in [-0.1, -0.05) is 6.42 Å². The summed E-state index contributed by atoms with van der Waals surface area (Å²) in [7, 11) is 0. The van der Waals surface area contributed by atoms with Gasteiger partial charge in [0.15, 0.2) is 0 Å². The molecule has 0 unspecified atom stereocenters. The Hall–Kier alpha value is -1.36. The number of aryl methyl sites for hydroxylation is 2. The van der Waals surface area contributed by atoms with Crippen LogP contribution in [0.15, 0.2) is 6.07 Å².